The molecule has 2 amide bonds. The van der Waals surface area contributed by atoms with Gasteiger partial charge in [0.1, 0.15) is 6.61 Å². The van der Waals surface area contributed by atoms with E-state index in [0.29, 0.717) is 0 Å². The molecule has 8 heteroatoms. The molecule has 0 aromatic heterocycles. The fraction of sp³-hybridized carbons (Fsp3) is 0.423. The van der Waals surface area contributed by atoms with Crippen molar-refractivity contribution in [2.24, 2.45) is 5.92 Å². The number of alkyl carbamates (subject to hydrolysis) is 1. The summed E-state index contributed by atoms with van der Waals surface area (Å²) in [6.07, 6.45) is -1.42. The van der Waals surface area contributed by atoms with E-state index in [1.54, 1.807) is 13.8 Å². The maximum absolute atomic E-state index is 12.8. The van der Waals surface area contributed by atoms with Crippen LogP contribution in [0.5, 0.6) is 0 Å². The Morgan fingerprint density at radius 3 is 2.21 bits per heavy atom. The highest BCUT2D eigenvalue weighted by molar-refractivity contribution is 5.81. The molecule has 34 heavy (non-hydrogen) atoms. The van der Waals surface area contributed by atoms with Gasteiger partial charge < -0.3 is 25.2 Å². The van der Waals surface area contributed by atoms with E-state index >= 15 is 0 Å². The average Bonchev–Trinajstić information content (AvgIpc) is 3.10. The molecule has 3 N–H and O–H groups in total. The van der Waals surface area contributed by atoms with Crippen LogP contribution in [0.15, 0.2) is 48.5 Å². The standard InChI is InChI=1S/C26H30N2O6/c1-26(2,12-23(30)28-13-16(24(31)32)11-17(29)14-28)27-25(33)34-15-22-20-9-5-3-7-18(20)19-8-4-6-10-21(19)22/h3-10,16-17,22,29H,11-15H2,1-2H3,(H,27,33)(H,31,32). The highest BCUT2D eigenvalue weighted by atomic mass is 16.5. The van der Waals surface area contributed by atoms with Crippen LogP contribution in [0.25, 0.3) is 11.1 Å². The Kier molecular flexibility index (Phi) is 6.61. The molecule has 2 atom stereocenters. The summed E-state index contributed by atoms with van der Waals surface area (Å²) in [5, 5.41) is 22.0. The summed E-state index contributed by atoms with van der Waals surface area (Å²) >= 11 is 0. The molecule has 1 fully saturated rings. The minimum absolute atomic E-state index is 0.0454. The Labute approximate surface area is 198 Å². The molecule has 4 rings (SSSR count). The first-order chi connectivity index (χ1) is 16.1. The van der Waals surface area contributed by atoms with Gasteiger partial charge in [-0.15, -0.1) is 0 Å². The SMILES string of the molecule is CC(C)(CC(=O)N1CC(O)CC(C(=O)O)C1)NC(=O)OCC1c2ccccc2-c2ccccc21. The number of hydrogen-bond acceptors (Lipinski definition) is 5. The molecule has 2 unspecified atom stereocenters. The number of amides is 2. The number of carbonyl (C=O) groups is 3. The number of β-amino-alcohol motifs (C(OH)–C–C–N with tert-alkyl or cyclic N) is 1. The molecule has 8 nitrogen and oxygen atoms in total. The number of fused-ring (bicyclic) bond motifs is 3. The number of piperidine rings is 1. The molecule has 1 saturated heterocycles. The highest BCUT2D eigenvalue weighted by Gasteiger charge is 2.36. The first kappa shape index (κ1) is 23.8. The summed E-state index contributed by atoms with van der Waals surface area (Å²) in [7, 11) is 0. The van der Waals surface area contributed by atoms with Crippen LogP contribution >= 0.6 is 0 Å². The van der Waals surface area contributed by atoms with Gasteiger partial charge in [0.25, 0.3) is 0 Å². The third-order valence-electron chi connectivity index (χ3n) is 6.51. The zero-order valence-corrected chi connectivity index (χ0v) is 19.4. The smallest absolute Gasteiger partial charge is 0.407 e. The second kappa shape index (κ2) is 9.46. The van der Waals surface area contributed by atoms with E-state index in [9.17, 15) is 24.6 Å². The maximum atomic E-state index is 12.8. The number of ether oxygens (including phenoxy) is 1. The molecule has 0 saturated carbocycles. The summed E-state index contributed by atoms with van der Waals surface area (Å²) in [6.45, 7) is 3.72. The van der Waals surface area contributed by atoms with Crippen molar-refractivity contribution in [3.8, 4) is 11.1 Å². The number of carboxylic acids is 1. The van der Waals surface area contributed by atoms with Gasteiger partial charge in [-0.05, 0) is 42.5 Å². The van der Waals surface area contributed by atoms with Crippen molar-refractivity contribution in [3.05, 3.63) is 59.7 Å². The quantitative estimate of drug-likeness (QED) is 0.603. The van der Waals surface area contributed by atoms with Gasteiger partial charge >= 0.3 is 12.1 Å². The highest BCUT2D eigenvalue weighted by Crippen LogP contribution is 2.44. The molecule has 2 aliphatic rings. The topological polar surface area (TPSA) is 116 Å². The van der Waals surface area contributed by atoms with Gasteiger partial charge in [0.15, 0.2) is 0 Å². The van der Waals surface area contributed by atoms with Crippen molar-refractivity contribution in [1.29, 1.82) is 0 Å². The molecule has 0 bridgehead atoms. The predicted octanol–water partition coefficient (Wildman–Crippen LogP) is 2.99. The molecule has 180 valence electrons. The zero-order chi connectivity index (χ0) is 24.5. The van der Waals surface area contributed by atoms with Gasteiger partial charge in [0, 0.05) is 31.0 Å². The lowest BCUT2D eigenvalue weighted by atomic mass is 9.94. The van der Waals surface area contributed by atoms with Crippen molar-refractivity contribution in [1.82, 2.24) is 10.2 Å². The molecule has 1 aliphatic carbocycles. The number of likely N-dealkylation sites (tertiary alicyclic amines) is 1. The number of rotatable bonds is 6. The molecule has 0 radical (unpaired) electrons. The molecule has 1 aliphatic heterocycles. The summed E-state index contributed by atoms with van der Waals surface area (Å²) in [6, 6.07) is 16.1. The van der Waals surface area contributed by atoms with Gasteiger partial charge in [-0.3, -0.25) is 9.59 Å². The number of carboxylic acid groups (broad SMARTS) is 1. The number of aliphatic carboxylic acids is 1. The van der Waals surface area contributed by atoms with Gasteiger partial charge in [-0.2, -0.15) is 0 Å². The van der Waals surface area contributed by atoms with Gasteiger partial charge in [0.05, 0.1) is 12.0 Å². The van der Waals surface area contributed by atoms with E-state index < -0.39 is 29.6 Å². The molecular formula is C26H30N2O6. The average molecular weight is 467 g/mol. The maximum Gasteiger partial charge on any atom is 0.407 e. The summed E-state index contributed by atoms with van der Waals surface area (Å²) < 4.78 is 5.58. The number of carbonyl (C=O) groups excluding carboxylic acids is 2. The Morgan fingerprint density at radius 2 is 1.62 bits per heavy atom. The normalized spacial score (nSPS) is 19.8. The lowest BCUT2D eigenvalue weighted by Gasteiger charge is -2.36. The van der Waals surface area contributed by atoms with E-state index in [2.05, 4.69) is 17.4 Å². The van der Waals surface area contributed by atoms with Crippen LogP contribution in [0.1, 0.15) is 43.7 Å². The number of aliphatic hydroxyl groups is 1. The lowest BCUT2D eigenvalue weighted by Crippen LogP contribution is -2.52. The molecular weight excluding hydrogens is 436 g/mol. The van der Waals surface area contributed by atoms with Crippen molar-refractivity contribution in [2.75, 3.05) is 19.7 Å². The van der Waals surface area contributed by atoms with Crippen molar-refractivity contribution in [3.63, 3.8) is 0 Å². The third kappa shape index (κ3) is 5.07. The zero-order valence-electron chi connectivity index (χ0n) is 19.4. The first-order valence-corrected chi connectivity index (χ1v) is 11.5. The summed E-state index contributed by atoms with van der Waals surface area (Å²) in [5.74, 6) is -2.22. The minimum Gasteiger partial charge on any atom is -0.481 e. The first-order valence-electron chi connectivity index (χ1n) is 11.5. The van der Waals surface area contributed by atoms with Crippen LogP contribution in [0.3, 0.4) is 0 Å². The molecule has 2 aromatic carbocycles. The Bertz CT molecular complexity index is 1050. The van der Waals surface area contributed by atoms with Crippen LogP contribution in [0, 0.1) is 5.92 Å². The van der Waals surface area contributed by atoms with Crippen molar-refractivity contribution in [2.45, 2.75) is 44.2 Å². The van der Waals surface area contributed by atoms with Crippen LogP contribution < -0.4 is 5.32 Å². The van der Waals surface area contributed by atoms with Crippen LogP contribution in [0.4, 0.5) is 4.79 Å². The second-order valence-electron chi connectivity index (χ2n) is 9.73. The number of nitrogens with zero attached hydrogens (tertiary/aromatic N) is 1. The van der Waals surface area contributed by atoms with E-state index in [0.717, 1.165) is 22.3 Å². The third-order valence-corrected chi connectivity index (χ3v) is 6.51. The van der Waals surface area contributed by atoms with E-state index in [1.165, 1.54) is 4.90 Å². The summed E-state index contributed by atoms with van der Waals surface area (Å²) in [5.41, 5.74) is 3.59. The predicted molar refractivity (Wildman–Crippen MR) is 125 cm³/mol. The van der Waals surface area contributed by atoms with Gasteiger partial charge in [-0.1, -0.05) is 48.5 Å². The van der Waals surface area contributed by atoms with Crippen LogP contribution in [-0.4, -0.2) is 64.4 Å². The monoisotopic (exact) mass is 466 g/mol. The van der Waals surface area contributed by atoms with Crippen molar-refractivity contribution >= 4 is 18.0 Å². The van der Waals surface area contributed by atoms with E-state index in [-0.39, 0.29) is 44.4 Å². The molecule has 0 spiro atoms. The van der Waals surface area contributed by atoms with Gasteiger partial charge in [0.2, 0.25) is 5.91 Å². The van der Waals surface area contributed by atoms with E-state index in [4.69, 9.17) is 4.74 Å². The molecule has 1 heterocycles. The number of hydrogen-bond donors (Lipinski definition) is 3. The Hall–Kier alpha value is -3.39. The van der Waals surface area contributed by atoms with E-state index in [1.807, 2.05) is 36.4 Å². The number of benzene rings is 2. The van der Waals surface area contributed by atoms with Crippen LogP contribution in [-0.2, 0) is 14.3 Å². The largest absolute Gasteiger partial charge is 0.481 e. The Morgan fingerprint density at radius 1 is 1.03 bits per heavy atom. The van der Waals surface area contributed by atoms with Gasteiger partial charge in [-0.25, -0.2) is 4.79 Å². The second-order valence-corrected chi connectivity index (χ2v) is 9.73. The lowest BCUT2D eigenvalue weighted by molar-refractivity contribution is -0.149. The molecule has 2 aromatic rings. The number of nitrogens with one attached hydrogen (secondary N) is 1. The fourth-order valence-electron chi connectivity index (χ4n) is 4.90. The minimum atomic E-state index is -1.03. The van der Waals surface area contributed by atoms with Crippen molar-refractivity contribution < 1.29 is 29.3 Å². The van der Waals surface area contributed by atoms with Crippen LogP contribution in [0.2, 0.25) is 0 Å². The Balaban J connectivity index is 1.35. The number of aliphatic hydroxyl groups excluding tert-OH is 1. The summed E-state index contributed by atoms with van der Waals surface area (Å²) in [4.78, 5) is 38.1. The fourth-order valence-corrected chi connectivity index (χ4v) is 4.90.